The average Bonchev–Trinajstić information content (AvgIpc) is 2.68. The summed E-state index contributed by atoms with van der Waals surface area (Å²) in [6.45, 7) is 5.07. The Bertz CT molecular complexity index is 879. The number of hydrogen-bond acceptors (Lipinski definition) is 6. The van der Waals surface area contributed by atoms with E-state index in [1.165, 1.54) is 19.2 Å². The number of aryl methyl sites for hydroxylation is 1. The highest BCUT2D eigenvalue weighted by Gasteiger charge is 2.24. The number of piperazine rings is 1. The molecular weight excluding hydrogens is 370 g/mol. The minimum absolute atomic E-state index is 0.0342. The largest absolute Gasteiger partial charge is 0.465 e. The highest BCUT2D eigenvalue weighted by atomic mass is 35.5. The molecule has 1 fully saturated rings. The van der Waals surface area contributed by atoms with Crippen molar-refractivity contribution in [2.24, 2.45) is 0 Å². The van der Waals surface area contributed by atoms with E-state index in [-0.39, 0.29) is 11.3 Å². The molecule has 1 aliphatic rings. The van der Waals surface area contributed by atoms with Gasteiger partial charge in [-0.2, -0.15) is 0 Å². The lowest BCUT2D eigenvalue weighted by Crippen LogP contribution is -2.46. The number of anilines is 2. The van der Waals surface area contributed by atoms with Crippen LogP contribution in [0, 0.1) is 17.0 Å². The molecular formula is C19H20ClN3O4. The lowest BCUT2D eigenvalue weighted by Gasteiger charge is -2.38. The maximum Gasteiger partial charge on any atom is 0.344 e. The molecule has 142 valence electrons. The fraction of sp³-hybridized carbons (Fsp3) is 0.316. The Labute approximate surface area is 162 Å². The number of hydrogen-bond donors (Lipinski definition) is 0. The van der Waals surface area contributed by atoms with Crippen LogP contribution in [0.5, 0.6) is 0 Å². The van der Waals surface area contributed by atoms with E-state index in [0.717, 1.165) is 43.1 Å². The van der Waals surface area contributed by atoms with Crippen molar-refractivity contribution < 1.29 is 14.5 Å². The summed E-state index contributed by atoms with van der Waals surface area (Å²) in [6.07, 6.45) is 0. The first-order chi connectivity index (χ1) is 12.9. The predicted molar refractivity (Wildman–Crippen MR) is 105 cm³/mol. The van der Waals surface area contributed by atoms with E-state index in [0.29, 0.717) is 5.02 Å². The van der Waals surface area contributed by atoms with Crippen LogP contribution in [0.2, 0.25) is 5.02 Å². The van der Waals surface area contributed by atoms with Gasteiger partial charge in [0.25, 0.3) is 5.69 Å². The standard InChI is InChI=1S/C19H20ClN3O4/c1-13-3-4-14(20)11-18(13)22-9-7-21(8-10-22)15-5-6-17(23(25)26)16(12-15)19(24)27-2/h3-6,11-12H,7-10H2,1-2H3. The summed E-state index contributed by atoms with van der Waals surface area (Å²) in [5.74, 6) is -0.711. The predicted octanol–water partition coefficient (Wildman–Crippen LogP) is 3.67. The molecule has 1 heterocycles. The Morgan fingerprint density at radius 1 is 1.11 bits per heavy atom. The SMILES string of the molecule is COC(=O)c1cc(N2CCN(c3cc(Cl)ccc3C)CC2)ccc1[N+](=O)[O-]. The average molecular weight is 390 g/mol. The molecule has 27 heavy (non-hydrogen) atoms. The lowest BCUT2D eigenvalue weighted by molar-refractivity contribution is -0.385. The lowest BCUT2D eigenvalue weighted by atomic mass is 10.1. The molecule has 8 heteroatoms. The molecule has 1 aliphatic heterocycles. The maximum atomic E-state index is 11.9. The van der Waals surface area contributed by atoms with Crippen molar-refractivity contribution in [1.82, 2.24) is 0 Å². The van der Waals surface area contributed by atoms with Crippen molar-refractivity contribution in [3.8, 4) is 0 Å². The van der Waals surface area contributed by atoms with Gasteiger partial charge in [-0.15, -0.1) is 0 Å². The third-order valence-corrected chi connectivity index (χ3v) is 4.97. The first-order valence-corrected chi connectivity index (χ1v) is 8.91. The molecule has 0 N–H and O–H groups in total. The van der Waals surface area contributed by atoms with Gasteiger partial charge in [0.05, 0.1) is 12.0 Å². The number of rotatable bonds is 4. The first kappa shape index (κ1) is 19.0. The van der Waals surface area contributed by atoms with Crippen molar-refractivity contribution in [3.05, 3.63) is 62.7 Å². The van der Waals surface area contributed by atoms with Crippen LogP contribution < -0.4 is 9.80 Å². The molecule has 0 spiro atoms. The topological polar surface area (TPSA) is 75.9 Å². The first-order valence-electron chi connectivity index (χ1n) is 8.53. The zero-order valence-electron chi connectivity index (χ0n) is 15.1. The smallest absolute Gasteiger partial charge is 0.344 e. The van der Waals surface area contributed by atoms with E-state index >= 15 is 0 Å². The van der Waals surface area contributed by atoms with Crippen molar-refractivity contribution in [2.45, 2.75) is 6.92 Å². The van der Waals surface area contributed by atoms with Crippen LogP contribution in [0.25, 0.3) is 0 Å². The molecule has 1 saturated heterocycles. The van der Waals surface area contributed by atoms with Gasteiger partial charge in [-0.25, -0.2) is 4.79 Å². The van der Waals surface area contributed by atoms with Gasteiger partial charge in [0, 0.05) is 48.6 Å². The molecule has 0 bridgehead atoms. The van der Waals surface area contributed by atoms with Crippen LogP contribution in [0.4, 0.5) is 17.1 Å². The van der Waals surface area contributed by atoms with E-state index in [2.05, 4.69) is 21.5 Å². The van der Waals surface area contributed by atoms with Crippen LogP contribution in [-0.4, -0.2) is 44.2 Å². The van der Waals surface area contributed by atoms with E-state index in [1.54, 1.807) is 6.07 Å². The van der Waals surface area contributed by atoms with E-state index in [4.69, 9.17) is 11.6 Å². The molecule has 0 amide bonds. The Balaban J connectivity index is 1.79. The second-order valence-electron chi connectivity index (χ2n) is 6.36. The van der Waals surface area contributed by atoms with Crippen molar-refractivity contribution in [2.75, 3.05) is 43.1 Å². The number of carbonyl (C=O) groups excluding carboxylic acids is 1. The number of benzene rings is 2. The summed E-state index contributed by atoms with van der Waals surface area (Å²) in [5.41, 5.74) is 2.76. The van der Waals surface area contributed by atoms with Gasteiger partial charge in [-0.1, -0.05) is 17.7 Å². The van der Waals surface area contributed by atoms with Gasteiger partial charge >= 0.3 is 5.97 Å². The maximum absolute atomic E-state index is 11.9. The molecule has 0 saturated carbocycles. The quantitative estimate of drug-likeness (QED) is 0.451. The van der Waals surface area contributed by atoms with Crippen LogP contribution in [0.15, 0.2) is 36.4 Å². The van der Waals surface area contributed by atoms with Gasteiger partial charge in [0.15, 0.2) is 0 Å². The number of halogens is 1. The number of esters is 1. The number of ether oxygens (including phenoxy) is 1. The number of nitro benzene ring substituents is 1. The second-order valence-corrected chi connectivity index (χ2v) is 6.79. The summed E-state index contributed by atoms with van der Waals surface area (Å²) in [6, 6.07) is 10.4. The van der Waals surface area contributed by atoms with Crippen molar-refractivity contribution in [1.29, 1.82) is 0 Å². The zero-order chi connectivity index (χ0) is 19.6. The summed E-state index contributed by atoms with van der Waals surface area (Å²) in [5, 5.41) is 11.9. The van der Waals surface area contributed by atoms with Crippen molar-refractivity contribution >= 4 is 34.6 Å². The van der Waals surface area contributed by atoms with Crippen LogP contribution in [0.1, 0.15) is 15.9 Å². The molecule has 2 aromatic carbocycles. The summed E-state index contributed by atoms with van der Waals surface area (Å²) >= 11 is 6.13. The van der Waals surface area contributed by atoms with E-state index in [9.17, 15) is 14.9 Å². The minimum Gasteiger partial charge on any atom is -0.465 e. The monoisotopic (exact) mass is 389 g/mol. The van der Waals surface area contributed by atoms with Crippen LogP contribution in [0.3, 0.4) is 0 Å². The third kappa shape index (κ3) is 3.98. The zero-order valence-corrected chi connectivity index (χ0v) is 15.9. The van der Waals surface area contributed by atoms with E-state index in [1.807, 2.05) is 18.2 Å². The molecule has 0 radical (unpaired) electrons. The molecule has 3 rings (SSSR count). The van der Waals surface area contributed by atoms with Crippen LogP contribution in [-0.2, 0) is 4.74 Å². The molecule has 7 nitrogen and oxygen atoms in total. The fourth-order valence-electron chi connectivity index (χ4n) is 3.28. The Kier molecular flexibility index (Phi) is 5.51. The fourth-order valence-corrected chi connectivity index (χ4v) is 3.45. The van der Waals surface area contributed by atoms with Gasteiger partial charge < -0.3 is 14.5 Å². The van der Waals surface area contributed by atoms with Gasteiger partial charge in [-0.3, -0.25) is 10.1 Å². The molecule has 0 atom stereocenters. The van der Waals surface area contributed by atoms with Crippen LogP contribution >= 0.6 is 11.6 Å². The molecule has 0 unspecified atom stereocenters. The summed E-state index contributed by atoms with van der Waals surface area (Å²) in [4.78, 5) is 26.9. The summed E-state index contributed by atoms with van der Waals surface area (Å²) in [7, 11) is 1.21. The summed E-state index contributed by atoms with van der Waals surface area (Å²) < 4.78 is 4.69. The molecule has 0 aliphatic carbocycles. The highest BCUT2D eigenvalue weighted by molar-refractivity contribution is 6.30. The van der Waals surface area contributed by atoms with Gasteiger partial charge in [0.2, 0.25) is 0 Å². The molecule has 0 aromatic heterocycles. The Morgan fingerprint density at radius 2 is 1.78 bits per heavy atom. The van der Waals surface area contributed by atoms with Gasteiger partial charge in [-0.05, 0) is 36.8 Å². The molecule has 2 aromatic rings. The number of nitro groups is 1. The Morgan fingerprint density at radius 3 is 2.41 bits per heavy atom. The highest BCUT2D eigenvalue weighted by Crippen LogP contribution is 2.29. The Hall–Kier alpha value is -2.80. The number of nitrogens with zero attached hydrogens (tertiary/aromatic N) is 3. The van der Waals surface area contributed by atoms with Gasteiger partial charge in [0.1, 0.15) is 5.56 Å². The number of methoxy groups -OCH3 is 1. The van der Waals surface area contributed by atoms with E-state index < -0.39 is 10.9 Å². The third-order valence-electron chi connectivity index (χ3n) is 4.74. The normalized spacial score (nSPS) is 14.2. The second kappa shape index (κ2) is 7.84. The number of carbonyl (C=O) groups is 1. The minimum atomic E-state index is -0.711. The van der Waals surface area contributed by atoms with Crippen molar-refractivity contribution in [3.63, 3.8) is 0 Å².